The Morgan fingerprint density at radius 3 is 2.75 bits per heavy atom. The van der Waals surface area contributed by atoms with Gasteiger partial charge in [-0.2, -0.15) is 0 Å². The molecule has 1 amide bonds. The minimum absolute atomic E-state index is 0.226. The highest BCUT2D eigenvalue weighted by Gasteiger charge is 2.15. The Hall–Kier alpha value is -1.62. The van der Waals surface area contributed by atoms with E-state index in [2.05, 4.69) is 0 Å². The molecule has 0 bridgehead atoms. The normalized spacial score (nSPS) is 12.2. The fourth-order valence-electron chi connectivity index (χ4n) is 1.45. The summed E-state index contributed by atoms with van der Waals surface area (Å²) in [5.41, 5.74) is 0.0898. The zero-order valence-electron chi connectivity index (χ0n) is 9.67. The highest BCUT2D eigenvalue weighted by Crippen LogP contribution is 2.01. The third-order valence-corrected chi connectivity index (χ3v) is 2.29. The van der Waals surface area contributed by atoms with E-state index in [1.165, 1.54) is 15.5 Å². The van der Waals surface area contributed by atoms with Gasteiger partial charge in [0, 0.05) is 26.7 Å². The molecule has 0 saturated carbocycles. The van der Waals surface area contributed by atoms with E-state index in [0.29, 0.717) is 5.69 Å². The van der Waals surface area contributed by atoms with Gasteiger partial charge in [-0.05, 0) is 13.0 Å². The van der Waals surface area contributed by atoms with Crippen LogP contribution in [0.5, 0.6) is 0 Å². The molecule has 5 nitrogen and oxygen atoms in total. The fourth-order valence-corrected chi connectivity index (χ4v) is 1.45. The minimum atomic E-state index is -0.588. The maximum absolute atomic E-state index is 11.9. The average molecular weight is 224 g/mol. The van der Waals surface area contributed by atoms with Crippen LogP contribution in [0, 0.1) is 0 Å². The molecule has 1 heterocycles. The second kappa shape index (κ2) is 4.94. The van der Waals surface area contributed by atoms with Gasteiger partial charge in [0.1, 0.15) is 5.69 Å². The van der Waals surface area contributed by atoms with E-state index in [0.717, 1.165) is 0 Å². The van der Waals surface area contributed by atoms with Gasteiger partial charge in [-0.15, -0.1) is 0 Å². The van der Waals surface area contributed by atoms with Crippen molar-refractivity contribution in [2.45, 2.75) is 13.0 Å². The summed E-state index contributed by atoms with van der Waals surface area (Å²) in [7, 11) is 3.14. The number of pyridine rings is 1. The Balaban J connectivity index is 2.97. The number of aliphatic hydroxyl groups is 1. The van der Waals surface area contributed by atoms with E-state index >= 15 is 0 Å². The van der Waals surface area contributed by atoms with Crippen molar-refractivity contribution in [3.8, 4) is 0 Å². The molecule has 1 aromatic rings. The lowest BCUT2D eigenvalue weighted by Crippen LogP contribution is -2.36. The average Bonchev–Trinajstić information content (AvgIpc) is 2.20. The van der Waals surface area contributed by atoms with E-state index < -0.39 is 6.10 Å². The number of amides is 1. The van der Waals surface area contributed by atoms with Crippen LogP contribution in [0.3, 0.4) is 0 Å². The molecule has 0 aliphatic carbocycles. The van der Waals surface area contributed by atoms with Gasteiger partial charge in [0.25, 0.3) is 11.5 Å². The van der Waals surface area contributed by atoms with Gasteiger partial charge in [-0.3, -0.25) is 9.59 Å². The molecule has 1 N–H and O–H groups in total. The number of aromatic nitrogens is 1. The molecule has 0 aliphatic rings. The standard InChI is InChI=1S/C11H16N2O3/c1-8(14)7-12(2)11(16)9-5-4-6-10(15)13(9)3/h4-6,8,14H,7H2,1-3H3. The molecule has 1 aromatic heterocycles. The van der Waals surface area contributed by atoms with Crippen LogP contribution in [0.15, 0.2) is 23.0 Å². The quantitative estimate of drug-likeness (QED) is 0.776. The molecule has 0 saturated heterocycles. The molecule has 1 unspecified atom stereocenters. The Morgan fingerprint density at radius 1 is 1.56 bits per heavy atom. The minimum Gasteiger partial charge on any atom is -0.392 e. The van der Waals surface area contributed by atoms with Crippen molar-refractivity contribution in [1.29, 1.82) is 0 Å². The first-order valence-corrected chi connectivity index (χ1v) is 5.03. The van der Waals surface area contributed by atoms with E-state index in [1.54, 1.807) is 33.2 Å². The van der Waals surface area contributed by atoms with Gasteiger partial charge in [0.15, 0.2) is 0 Å². The van der Waals surface area contributed by atoms with Crippen molar-refractivity contribution >= 4 is 5.91 Å². The molecule has 5 heteroatoms. The van der Waals surface area contributed by atoms with Gasteiger partial charge in [-0.1, -0.05) is 6.07 Å². The first-order chi connectivity index (χ1) is 7.43. The number of likely N-dealkylation sites (N-methyl/N-ethyl adjacent to an activating group) is 1. The summed E-state index contributed by atoms with van der Waals surface area (Å²) in [6.07, 6.45) is -0.588. The smallest absolute Gasteiger partial charge is 0.270 e. The first-order valence-electron chi connectivity index (χ1n) is 5.03. The Kier molecular flexibility index (Phi) is 3.84. The van der Waals surface area contributed by atoms with Crippen LogP contribution in [0.4, 0.5) is 0 Å². The third-order valence-electron chi connectivity index (χ3n) is 2.29. The van der Waals surface area contributed by atoms with Crippen molar-refractivity contribution in [3.05, 3.63) is 34.2 Å². The van der Waals surface area contributed by atoms with E-state index in [-0.39, 0.29) is 18.0 Å². The molecule has 88 valence electrons. The molecular formula is C11H16N2O3. The Labute approximate surface area is 93.9 Å². The number of carbonyl (C=O) groups excluding carboxylic acids is 1. The second-order valence-electron chi connectivity index (χ2n) is 3.84. The van der Waals surface area contributed by atoms with Crippen molar-refractivity contribution in [1.82, 2.24) is 9.47 Å². The van der Waals surface area contributed by atoms with Crippen molar-refractivity contribution in [3.63, 3.8) is 0 Å². The summed E-state index contributed by atoms with van der Waals surface area (Å²) in [6, 6.07) is 4.53. The van der Waals surface area contributed by atoms with Crippen LogP contribution >= 0.6 is 0 Å². The van der Waals surface area contributed by atoms with Crippen LogP contribution in [0.2, 0.25) is 0 Å². The van der Waals surface area contributed by atoms with Gasteiger partial charge in [0.05, 0.1) is 6.10 Å². The van der Waals surface area contributed by atoms with Crippen molar-refractivity contribution in [2.75, 3.05) is 13.6 Å². The first kappa shape index (κ1) is 12.4. The lowest BCUT2D eigenvalue weighted by molar-refractivity contribution is 0.0693. The SMILES string of the molecule is CC(O)CN(C)C(=O)c1cccc(=O)n1C. The Bertz CT molecular complexity index is 437. The highest BCUT2D eigenvalue weighted by atomic mass is 16.3. The third kappa shape index (κ3) is 2.70. The summed E-state index contributed by atoms with van der Waals surface area (Å²) in [6.45, 7) is 1.84. The van der Waals surface area contributed by atoms with Gasteiger partial charge in [-0.25, -0.2) is 0 Å². The molecule has 0 aromatic carbocycles. The van der Waals surface area contributed by atoms with Gasteiger partial charge in [0.2, 0.25) is 0 Å². The monoisotopic (exact) mass is 224 g/mol. The Morgan fingerprint density at radius 2 is 2.19 bits per heavy atom. The molecule has 0 radical (unpaired) electrons. The van der Waals surface area contributed by atoms with Crippen molar-refractivity contribution < 1.29 is 9.90 Å². The topological polar surface area (TPSA) is 62.5 Å². The van der Waals surface area contributed by atoms with Gasteiger partial charge < -0.3 is 14.6 Å². The molecular weight excluding hydrogens is 208 g/mol. The largest absolute Gasteiger partial charge is 0.392 e. The number of hydrogen-bond donors (Lipinski definition) is 1. The second-order valence-corrected chi connectivity index (χ2v) is 3.84. The van der Waals surface area contributed by atoms with Crippen LogP contribution in [-0.2, 0) is 7.05 Å². The zero-order chi connectivity index (χ0) is 12.3. The van der Waals surface area contributed by atoms with Crippen LogP contribution in [-0.4, -0.2) is 40.2 Å². The molecule has 0 aliphatic heterocycles. The molecule has 16 heavy (non-hydrogen) atoms. The van der Waals surface area contributed by atoms with E-state index in [1.807, 2.05) is 0 Å². The summed E-state index contributed by atoms with van der Waals surface area (Å²) >= 11 is 0. The summed E-state index contributed by atoms with van der Waals surface area (Å²) < 4.78 is 1.29. The van der Waals surface area contributed by atoms with Crippen molar-refractivity contribution in [2.24, 2.45) is 7.05 Å². The fraction of sp³-hybridized carbons (Fsp3) is 0.455. The molecule has 1 rings (SSSR count). The molecule has 0 spiro atoms. The van der Waals surface area contributed by atoms with Gasteiger partial charge >= 0.3 is 0 Å². The molecule has 0 fully saturated rings. The van der Waals surface area contributed by atoms with Crippen LogP contribution < -0.4 is 5.56 Å². The zero-order valence-corrected chi connectivity index (χ0v) is 9.67. The summed E-state index contributed by atoms with van der Waals surface area (Å²) in [4.78, 5) is 24.6. The number of aliphatic hydroxyl groups excluding tert-OH is 1. The van der Waals surface area contributed by atoms with Crippen LogP contribution in [0.1, 0.15) is 17.4 Å². The van der Waals surface area contributed by atoms with E-state index in [4.69, 9.17) is 0 Å². The predicted molar refractivity (Wildman–Crippen MR) is 60.3 cm³/mol. The maximum Gasteiger partial charge on any atom is 0.270 e. The number of hydrogen-bond acceptors (Lipinski definition) is 3. The summed E-state index contributed by atoms with van der Waals surface area (Å²) in [5.74, 6) is -0.277. The number of nitrogens with zero attached hydrogens (tertiary/aromatic N) is 2. The number of rotatable bonds is 3. The van der Waals surface area contributed by atoms with E-state index in [9.17, 15) is 14.7 Å². The molecule has 1 atom stereocenters. The van der Waals surface area contributed by atoms with Crippen LogP contribution in [0.25, 0.3) is 0 Å². The highest BCUT2D eigenvalue weighted by molar-refractivity contribution is 5.92. The maximum atomic E-state index is 11.9. The lowest BCUT2D eigenvalue weighted by atomic mass is 10.3. The lowest BCUT2D eigenvalue weighted by Gasteiger charge is -2.19. The summed E-state index contributed by atoms with van der Waals surface area (Å²) in [5, 5.41) is 9.18. The number of carbonyl (C=O) groups is 1. The predicted octanol–water partition coefficient (Wildman–Crippen LogP) is -0.162.